The van der Waals surface area contributed by atoms with Crippen LogP contribution in [0.3, 0.4) is 0 Å². The van der Waals surface area contributed by atoms with Gasteiger partial charge in [-0.2, -0.15) is 0 Å². The van der Waals surface area contributed by atoms with Gasteiger partial charge in [0.25, 0.3) is 5.56 Å². The molecule has 3 heterocycles. The van der Waals surface area contributed by atoms with E-state index in [4.69, 9.17) is 10.5 Å². The number of aromatic nitrogens is 5. The van der Waals surface area contributed by atoms with Crippen molar-refractivity contribution in [1.82, 2.24) is 23.9 Å². The van der Waals surface area contributed by atoms with Crippen LogP contribution in [-0.2, 0) is 24.9 Å². The number of ether oxygens (including phenoxy) is 1. The molecule has 0 spiro atoms. The standard InChI is InChI=1S/C18H26N6O5S/c1-10(2)7-23-14(19)13(15(26)22(3)18(23)28)12(25)9-30-17-21-20-16(27)24(17)8-11-5-4-6-29-11/h10-11H,4-9,19H2,1-3H3,(H,20,27). The predicted octanol–water partition coefficient (Wildman–Crippen LogP) is -0.176. The van der Waals surface area contributed by atoms with Gasteiger partial charge in [-0.05, 0) is 18.8 Å². The average molecular weight is 439 g/mol. The van der Waals surface area contributed by atoms with Gasteiger partial charge in [0.05, 0.1) is 18.4 Å². The zero-order chi connectivity index (χ0) is 22.0. The molecule has 0 saturated carbocycles. The van der Waals surface area contributed by atoms with Gasteiger partial charge < -0.3 is 10.5 Å². The Morgan fingerprint density at radius 2 is 2.07 bits per heavy atom. The van der Waals surface area contributed by atoms with Gasteiger partial charge in [0.1, 0.15) is 11.4 Å². The van der Waals surface area contributed by atoms with E-state index < -0.39 is 17.0 Å². The van der Waals surface area contributed by atoms with Crippen LogP contribution >= 0.6 is 11.8 Å². The normalized spacial score (nSPS) is 16.5. The number of nitrogens with zero attached hydrogens (tertiary/aromatic N) is 4. The number of carbonyl (C=O) groups is 1. The molecule has 164 valence electrons. The van der Waals surface area contributed by atoms with Crippen LogP contribution in [0.15, 0.2) is 19.5 Å². The second-order valence-electron chi connectivity index (χ2n) is 7.68. The van der Waals surface area contributed by atoms with Crippen LogP contribution in [0.5, 0.6) is 0 Å². The Labute approximate surface area is 176 Å². The Hall–Kier alpha value is -2.60. The van der Waals surface area contributed by atoms with Gasteiger partial charge in [0, 0.05) is 20.2 Å². The number of thioether (sulfide) groups is 1. The highest BCUT2D eigenvalue weighted by atomic mass is 32.2. The molecule has 11 nitrogen and oxygen atoms in total. The number of hydrogen-bond donors (Lipinski definition) is 2. The largest absolute Gasteiger partial charge is 0.384 e. The number of nitrogens with one attached hydrogen (secondary N) is 1. The van der Waals surface area contributed by atoms with E-state index in [0.717, 1.165) is 29.2 Å². The number of Topliss-reactive ketones (excluding diaryl/α,β-unsaturated/α-hetero) is 1. The number of nitrogen functional groups attached to an aromatic ring is 1. The predicted molar refractivity (Wildman–Crippen MR) is 112 cm³/mol. The molecule has 3 N–H and O–H groups in total. The van der Waals surface area contributed by atoms with Crippen LogP contribution in [-0.4, -0.2) is 48.1 Å². The van der Waals surface area contributed by atoms with Gasteiger partial charge >= 0.3 is 11.4 Å². The highest BCUT2D eigenvalue weighted by Crippen LogP contribution is 2.19. The van der Waals surface area contributed by atoms with Gasteiger partial charge in [-0.3, -0.25) is 23.3 Å². The number of hydrogen-bond acceptors (Lipinski definition) is 8. The van der Waals surface area contributed by atoms with Crippen molar-refractivity contribution in [2.24, 2.45) is 13.0 Å². The lowest BCUT2D eigenvalue weighted by atomic mass is 10.2. The average Bonchev–Trinajstić information content (AvgIpc) is 3.33. The number of aromatic amines is 1. The third-order valence-electron chi connectivity index (χ3n) is 4.88. The lowest BCUT2D eigenvalue weighted by Gasteiger charge is -2.16. The van der Waals surface area contributed by atoms with Crippen LogP contribution in [0.25, 0.3) is 0 Å². The number of H-pyrrole nitrogens is 1. The highest BCUT2D eigenvalue weighted by molar-refractivity contribution is 7.99. The summed E-state index contributed by atoms with van der Waals surface area (Å²) in [6.45, 7) is 5.09. The lowest BCUT2D eigenvalue weighted by molar-refractivity contribution is 0.0941. The maximum atomic E-state index is 12.8. The number of ketones is 1. The quantitative estimate of drug-likeness (QED) is 0.426. The highest BCUT2D eigenvalue weighted by Gasteiger charge is 2.24. The second-order valence-corrected chi connectivity index (χ2v) is 8.62. The number of carbonyl (C=O) groups excluding carboxylic acids is 1. The molecular formula is C18H26N6O5S. The lowest BCUT2D eigenvalue weighted by Crippen LogP contribution is -2.43. The fourth-order valence-corrected chi connectivity index (χ4v) is 4.18. The fraction of sp³-hybridized carbons (Fsp3) is 0.611. The number of nitrogens with two attached hydrogens (primary N) is 1. The van der Waals surface area contributed by atoms with Gasteiger partial charge in [-0.1, -0.05) is 25.6 Å². The summed E-state index contributed by atoms with van der Waals surface area (Å²) in [5.41, 5.74) is 4.13. The summed E-state index contributed by atoms with van der Waals surface area (Å²) in [4.78, 5) is 49.8. The van der Waals surface area contributed by atoms with E-state index in [-0.39, 0.29) is 41.4 Å². The fourth-order valence-electron chi connectivity index (χ4n) is 3.36. The first-order chi connectivity index (χ1) is 14.2. The summed E-state index contributed by atoms with van der Waals surface area (Å²) in [6, 6.07) is 0. The first kappa shape index (κ1) is 22.1. The molecule has 30 heavy (non-hydrogen) atoms. The zero-order valence-corrected chi connectivity index (χ0v) is 18.0. The Morgan fingerprint density at radius 1 is 1.33 bits per heavy atom. The van der Waals surface area contributed by atoms with Gasteiger partial charge in [0.15, 0.2) is 10.9 Å². The summed E-state index contributed by atoms with van der Waals surface area (Å²) in [6.07, 6.45) is 1.72. The maximum Gasteiger partial charge on any atom is 0.344 e. The first-order valence-electron chi connectivity index (χ1n) is 9.72. The first-order valence-corrected chi connectivity index (χ1v) is 10.7. The molecule has 0 amide bonds. The molecule has 1 unspecified atom stereocenters. The minimum atomic E-state index is -0.734. The van der Waals surface area contributed by atoms with Crippen LogP contribution in [0, 0.1) is 5.92 Å². The summed E-state index contributed by atoms with van der Waals surface area (Å²) in [5, 5.41) is 6.67. The van der Waals surface area contributed by atoms with Gasteiger partial charge in [0.2, 0.25) is 0 Å². The molecule has 0 aromatic carbocycles. The van der Waals surface area contributed by atoms with Crippen molar-refractivity contribution in [1.29, 1.82) is 0 Å². The van der Waals surface area contributed by atoms with Gasteiger partial charge in [-0.25, -0.2) is 14.7 Å². The molecule has 2 aromatic rings. The monoisotopic (exact) mass is 438 g/mol. The van der Waals surface area contributed by atoms with E-state index >= 15 is 0 Å². The molecule has 1 atom stereocenters. The second kappa shape index (κ2) is 9.04. The number of anilines is 1. The van der Waals surface area contributed by atoms with E-state index in [1.807, 2.05) is 13.8 Å². The Balaban J connectivity index is 1.84. The molecule has 2 aromatic heterocycles. The molecule has 0 radical (unpaired) electrons. The molecule has 1 aliphatic rings. The summed E-state index contributed by atoms with van der Waals surface area (Å²) in [7, 11) is 1.32. The van der Waals surface area contributed by atoms with Crippen LogP contribution in [0.1, 0.15) is 37.0 Å². The minimum absolute atomic E-state index is 0.0714. The Morgan fingerprint density at radius 3 is 2.70 bits per heavy atom. The van der Waals surface area contributed by atoms with Crippen LogP contribution < -0.4 is 22.7 Å². The van der Waals surface area contributed by atoms with Crippen molar-refractivity contribution >= 4 is 23.4 Å². The number of rotatable bonds is 8. The van der Waals surface area contributed by atoms with E-state index in [1.54, 1.807) is 0 Å². The molecular weight excluding hydrogens is 412 g/mol. The van der Waals surface area contributed by atoms with Crippen molar-refractivity contribution in [2.75, 3.05) is 18.1 Å². The van der Waals surface area contributed by atoms with Crippen molar-refractivity contribution < 1.29 is 9.53 Å². The third-order valence-corrected chi connectivity index (χ3v) is 5.85. The molecule has 1 fully saturated rings. The molecule has 12 heteroatoms. The molecule has 0 aliphatic carbocycles. The van der Waals surface area contributed by atoms with Crippen LogP contribution in [0.2, 0.25) is 0 Å². The van der Waals surface area contributed by atoms with Crippen molar-refractivity contribution in [3.8, 4) is 0 Å². The smallest absolute Gasteiger partial charge is 0.344 e. The van der Waals surface area contributed by atoms with Crippen molar-refractivity contribution in [2.45, 2.75) is 51.0 Å². The summed E-state index contributed by atoms with van der Waals surface area (Å²) in [5.74, 6) is -0.734. The topological polar surface area (TPSA) is 147 Å². The van der Waals surface area contributed by atoms with Crippen molar-refractivity contribution in [3.05, 3.63) is 36.9 Å². The minimum Gasteiger partial charge on any atom is -0.384 e. The molecule has 1 aliphatic heterocycles. The van der Waals surface area contributed by atoms with Crippen LogP contribution in [0.4, 0.5) is 5.82 Å². The Kier molecular flexibility index (Phi) is 6.66. The zero-order valence-electron chi connectivity index (χ0n) is 17.2. The van der Waals surface area contributed by atoms with E-state index in [0.29, 0.717) is 18.3 Å². The Bertz CT molecular complexity index is 1110. The van der Waals surface area contributed by atoms with E-state index in [9.17, 15) is 19.2 Å². The molecule has 3 rings (SSSR count). The summed E-state index contributed by atoms with van der Waals surface area (Å²) < 4.78 is 9.12. The molecule has 1 saturated heterocycles. The molecule has 0 bridgehead atoms. The summed E-state index contributed by atoms with van der Waals surface area (Å²) >= 11 is 1.03. The third kappa shape index (κ3) is 4.43. The van der Waals surface area contributed by atoms with E-state index in [2.05, 4.69) is 10.2 Å². The van der Waals surface area contributed by atoms with Crippen molar-refractivity contribution in [3.63, 3.8) is 0 Å². The van der Waals surface area contributed by atoms with E-state index in [1.165, 1.54) is 16.2 Å². The maximum absolute atomic E-state index is 12.8. The van der Waals surface area contributed by atoms with Gasteiger partial charge in [-0.15, -0.1) is 5.10 Å². The SMILES string of the molecule is CC(C)Cn1c(N)c(C(=O)CSc2n[nH]c(=O)n2CC2CCCO2)c(=O)n(C)c1=O.